The summed E-state index contributed by atoms with van der Waals surface area (Å²) in [4.78, 5) is 12.0. The molecule has 1 aromatic heterocycles. The summed E-state index contributed by atoms with van der Waals surface area (Å²) in [7, 11) is 0. The van der Waals surface area contributed by atoms with E-state index in [1.807, 2.05) is 39.0 Å². The Balaban J connectivity index is 2.25. The number of hydrogen-bond donors (Lipinski definition) is 2. The first-order valence-electron chi connectivity index (χ1n) is 7.88. The van der Waals surface area contributed by atoms with E-state index in [9.17, 15) is 4.79 Å². The number of nitrogen functional groups attached to an aromatic ring is 1. The van der Waals surface area contributed by atoms with Crippen molar-refractivity contribution in [2.45, 2.75) is 33.2 Å². The summed E-state index contributed by atoms with van der Waals surface area (Å²) >= 11 is 0. The molecule has 0 radical (unpaired) electrons. The van der Waals surface area contributed by atoms with E-state index in [2.05, 4.69) is 30.2 Å². The minimum atomic E-state index is -0.568. The van der Waals surface area contributed by atoms with Crippen LogP contribution in [0, 0.1) is 6.92 Å². The molecule has 1 heterocycles. The average Bonchev–Trinajstić information content (AvgIpc) is 2.84. The first-order chi connectivity index (χ1) is 11.2. The fourth-order valence-corrected chi connectivity index (χ4v) is 2.90. The molecule has 3 aromatic rings. The van der Waals surface area contributed by atoms with Crippen molar-refractivity contribution >= 4 is 22.5 Å². The van der Waals surface area contributed by atoms with E-state index < -0.39 is 5.91 Å². The third-order valence-corrected chi connectivity index (χ3v) is 4.07. The number of primary amides is 1. The van der Waals surface area contributed by atoms with Crippen molar-refractivity contribution in [1.29, 1.82) is 0 Å². The quantitative estimate of drug-likeness (QED) is 0.757. The van der Waals surface area contributed by atoms with Crippen LogP contribution in [0.5, 0.6) is 0 Å². The van der Waals surface area contributed by atoms with Crippen molar-refractivity contribution in [3.8, 4) is 11.3 Å². The SMILES string of the molecule is Cc1ccc2cc(-c3nn(C(C)(C)C)c(N)c3C(N)=O)ccc2c1. The van der Waals surface area contributed by atoms with E-state index in [1.165, 1.54) is 5.56 Å². The molecule has 3 rings (SSSR count). The van der Waals surface area contributed by atoms with Crippen LogP contribution >= 0.6 is 0 Å². The second-order valence-corrected chi connectivity index (χ2v) is 7.12. The van der Waals surface area contributed by atoms with Crippen LogP contribution in [0.25, 0.3) is 22.0 Å². The fraction of sp³-hybridized carbons (Fsp3) is 0.263. The molecule has 5 nitrogen and oxygen atoms in total. The van der Waals surface area contributed by atoms with Gasteiger partial charge in [0.05, 0.1) is 5.54 Å². The molecule has 0 aliphatic heterocycles. The Bertz CT molecular complexity index is 948. The number of carbonyl (C=O) groups excluding carboxylic acids is 1. The first-order valence-corrected chi connectivity index (χ1v) is 7.88. The van der Waals surface area contributed by atoms with E-state index in [-0.39, 0.29) is 11.1 Å². The maximum absolute atomic E-state index is 12.0. The van der Waals surface area contributed by atoms with Crippen molar-refractivity contribution in [2.75, 3.05) is 5.73 Å². The highest BCUT2D eigenvalue weighted by molar-refractivity contribution is 6.04. The molecule has 1 amide bonds. The largest absolute Gasteiger partial charge is 0.383 e. The van der Waals surface area contributed by atoms with E-state index >= 15 is 0 Å². The van der Waals surface area contributed by atoms with Gasteiger partial charge in [-0.25, -0.2) is 4.68 Å². The zero-order valence-electron chi connectivity index (χ0n) is 14.4. The highest BCUT2D eigenvalue weighted by atomic mass is 16.1. The van der Waals surface area contributed by atoms with Gasteiger partial charge in [-0.2, -0.15) is 5.10 Å². The average molecular weight is 322 g/mol. The Morgan fingerprint density at radius 1 is 1.08 bits per heavy atom. The minimum absolute atomic E-state index is 0.274. The van der Waals surface area contributed by atoms with Crippen LogP contribution in [0.15, 0.2) is 36.4 Å². The van der Waals surface area contributed by atoms with Gasteiger partial charge in [0, 0.05) is 5.56 Å². The lowest BCUT2D eigenvalue weighted by Crippen LogP contribution is -2.25. The summed E-state index contributed by atoms with van der Waals surface area (Å²) in [6, 6.07) is 12.2. The fourth-order valence-electron chi connectivity index (χ4n) is 2.90. The van der Waals surface area contributed by atoms with Gasteiger partial charge in [-0.05, 0) is 44.5 Å². The maximum Gasteiger partial charge on any atom is 0.254 e. The number of anilines is 1. The minimum Gasteiger partial charge on any atom is -0.383 e. The van der Waals surface area contributed by atoms with E-state index in [1.54, 1.807) is 4.68 Å². The summed E-state index contributed by atoms with van der Waals surface area (Å²) in [5, 5.41) is 6.81. The molecule has 0 aliphatic rings. The van der Waals surface area contributed by atoms with Crippen molar-refractivity contribution < 1.29 is 4.79 Å². The number of aryl methyl sites for hydroxylation is 1. The molecule has 24 heavy (non-hydrogen) atoms. The zero-order chi connectivity index (χ0) is 17.6. The van der Waals surface area contributed by atoms with Gasteiger partial charge < -0.3 is 11.5 Å². The van der Waals surface area contributed by atoms with Crippen LogP contribution in [0.2, 0.25) is 0 Å². The number of nitrogens with zero attached hydrogens (tertiary/aromatic N) is 2. The van der Waals surface area contributed by atoms with Gasteiger partial charge in [0.15, 0.2) is 0 Å². The Hall–Kier alpha value is -2.82. The molecule has 0 atom stereocenters. The number of nitrogens with two attached hydrogens (primary N) is 2. The Kier molecular flexibility index (Phi) is 3.59. The third kappa shape index (κ3) is 2.62. The van der Waals surface area contributed by atoms with E-state index in [0.717, 1.165) is 16.3 Å². The Labute approximate surface area is 141 Å². The summed E-state index contributed by atoms with van der Waals surface area (Å²) in [6.45, 7) is 8.00. The predicted molar refractivity (Wildman–Crippen MR) is 97.8 cm³/mol. The molecule has 0 saturated carbocycles. The van der Waals surface area contributed by atoms with Crippen LogP contribution in [0.4, 0.5) is 5.82 Å². The lowest BCUT2D eigenvalue weighted by atomic mass is 10.0. The molecule has 0 bridgehead atoms. The second kappa shape index (κ2) is 5.37. The Morgan fingerprint density at radius 2 is 1.71 bits per heavy atom. The normalized spacial score (nSPS) is 11.8. The smallest absolute Gasteiger partial charge is 0.254 e. The van der Waals surface area contributed by atoms with Gasteiger partial charge in [-0.15, -0.1) is 0 Å². The first kappa shape index (κ1) is 16.1. The van der Waals surface area contributed by atoms with Gasteiger partial charge in [-0.1, -0.05) is 35.9 Å². The van der Waals surface area contributed by atoms with E-state index in [0.29, 0.717) is 11.5 Å². The predicted octanol–water partition coefficient (Wildman–Crippen LogP) is 3.45. The summed E-state index contributed by atoms with van der Waals surface area (Å²) in [6.07, 6.45) is 0. The Morgan fingerprint density at radius 3 is 2.33 bits per heavy atom. The molecule has 0 fully saturated rings. The molecule has 2 aromatic carbocycles. The molecule has 0 spiro atoms. The topological polar surface area (TPSA) is 86.9 Å². The number of rotatable bonds is 2. The number of fused-ring (bicyclic) bond motifs is 1. The monoisotopic (exact) mass is 322 g/mol. The van der Waals surface area contributed by atoms with Gasteiger partial charge >= 0.3 is 0 Å². The highest BCUT2D eigenvalue weighted by Crippen LogP contribution is 2.32. The number of amides is 1. The lowest BCUT2D eigenvalue weighted by Gasteiger charge is -2.20. The number of carbonyl (C=O) groups is 1. The van der Waals surface area contributed by atoms with Gasteiger partial charge in [-0.3, -0.25) is 4.79 Å². The van der Waals surface area contributed by atoms with Crippen molar-refractivity contribution in [1.82, 2.24) is 9.78 Å². The maximum atomic E-state index is 12.0. The van der Waals surface area contributed by atoms with Crippen LogP contribution in [0.3, 0.4) is 0 Å². The zero-order valence-corrected chi connectivity index (χ0v) is 14.4. The number of aromatic nitrogens is 2. The second-order valence-electron chi connectivity index (χ2n) is 7.12. The lowest BCUT2D eigenvalue weighted by molar-refractivity contribution is 0.100. The molecule has 0 aliphatic carbocycles. The summed E-state index contributed by atoms with van der Waals surface area (Å²) in [5.41, 5.74) is 14.2. The summed E-state index contributed by atoms with van der Waals surface area (Å²) < 4.78 is 1.65. The van der Waals surface area contributed by atoms with E-state index in [4.69, 9.17) is 11.5 Å². The molecule has 124 valence electrons. The standard InChI is InChI=1S/C19H22N4O/c1-11-5-6-13-10-14(8-7-12(13)9-11)16-15(18(21)24)17(20)23(22-16)19(2,3)4/h5-10H,20H2,1-4H3,(H2,21,24). The highest BCUT2D eigenvalue weighted by Gasteiger charge is 2.26. The van der Waals surface area contributed by atoms with Crippen molar-refractivity contribution in [2.24, 2.45) is 5.73 Å². The molecular formula is C19H22N4O. The molecule has 0 saturated heterocycles. The number of hydrogen-bond acceptors (Lipinski definition) is 3. The van der Waals surface area contributed by atoms with Crippen LogP contribution in [0.1, 0.15) is 36.7 Å². The van der Waals surface area contributed by atoms with Gasteiger partial charge in [0.2, 0.25) is 0 Å². The van der Waals surface area contributed by atoms with Crippen LogP contribution in [-0.2, 0) is 5.54 Å². The van der Waals surface area contributed by atoms with Gasteiger partial charge in [0.1, 0.15) is 17.1 Å². The summed E-state index contributed by atoms with van der Waals surface area (Å²) in [5.74, 6) is -0.268. The number of benzene rings is 2. The molecule has 4 N–H and O–H groups in total. The molecular weight excluding hydrogens is 300 g/mol. The van der Waals surface area contributed by atoms with Gasteiger partial charge in [0.25, 0.3) is 5.91 Å². The molecule has 5 heteroatoms. The third-order valence-electron chi connectivity index (χ3n) is 4.07. The van der Waals surface area contributed by atoms with Crippen LogP contribution < -0.4 is 11.5 Å². The van der Waals surface area contributed by atoms with Crippen LogP contribution in [-0.4, -0.2) is 15.7 Å². The van der Waals surface area contributed by atoms with Crippen molar-refractivity contribution in [3.05, 3.63) is 47.5 Å². The molecule has 0 unspecified atom stereocenters. The van der Waals surface area contributed by atoms with Crippen molar-refractivity contribution in [3.63, 3.8) is 0 Å².